The van der Waals surface area contributed by atoms with Gasteiger partial charge in [-0.2, -0.15) is 0 Å². The summed E-state index contributed by atoms with van der Waals surface area (Å²) in [5.41, 5.74) is 1.06. The second kappa shape index (κ2) is 6.13. The van der Waals surface area contributed by atoms with Crippen LogP contribution in [0, 0.1) is 11.7 Å². The largest absolute Gasteiger partial charge is 0.341 e. The summed E-state index contributed by atoms with van der Waals surface area (Å²) >= 11 is 0. The molecule has 0 radical (unpaired) electrons. The number of aromatic nitrogens is 1. The minimum absolute atomic E-state index is 0.0705. The van der Waals surface area contributed by atoms with Crippen LogP contribution in [0.3, 0.4) is 0 Å². The Labute approximate surface area is 129 Å². The first-order valence-electron chi connectivity index (χ1n) is 7.36. The van der Waals surface area contributed by atoms with Crippen molar-refractivity contribution in [2.45, 2.75) is 12.8 Å². The highest BCUT2D eigenvalue weighted by molar-refractivity contribution is 5.99. The van der Waals surface area contributed by atoms with Crippen molar-refractivity contribution in [2.24, 2.45) is 5.92 Å². The van der Waals surface area contributed by atoms with Gasteiger partial charge in [0.1, 0.15) is 11.6 Å². The number of nitrogens with zero attached hydrogens (tertiary/aromatic N) is 2. The van der Waals surface area contributed by atoms with Crippen molar-refractivity contribution < 1.29 is 9.18 Å². The van der Waals surface area contributed by atoms with E-state index in [2.05, 4.69) is 10.3 Å². The van der Waals surface area contributed by atoms with Crippen LogP contribution in [0.15, 0.2) is 42.6 Å². The molecule has 0 spiro atoms. The predicted molar refractivity (Wildman–Crippen MR) is 83.6 cm³/mol. The van der Waals surface area contributed by atoms with E-state index in [1.807, 2.05) is 0 Å². The number of nitrogens with one attached hydrogen (secondary N) is 1. The number of hydrogen-bond donors (Lipinski definition) is 1. The Bertz CT molecular complexity index is 685. The monoisotopic (exact) mass is 299 g/mol. The van der Waals surface area contributed by atoms with E-state index >= 15 is 0 Å². The van der Waals surface area contributed by atoms with Crippen LogP contribution >= 0.6 is 0 Å². The number of anilines is 2. The van der Waals surface area contributed by atoms with Crippen molar-refractivity contribution in [1.29, 1.82) is 0 Å². The fourth-order valence-corrected chi connectivity index (χ4v) is 2.36. The highest BCUT2D eigenvalue weighted by atomic mass is 19.1. The molecule has 1 aromatic carbocycles. The minimum atomic E-state index is -0.334. The number of halogens is 1. The quantitative estimate of drug-likeness (QED) is 0.919. The lowest BCUT2D eigenvalue weighted by molar-refractivity contribution is 0.0789. The van der Waals surface area contributed by atoms with Gasteiger partial charge in [0.25, 0.3) is 5.91 Å². The zero-order valence-corrected chi connectivity index (χ0v) is 12.4. The molecule has 0 saturated heterocycles. The van der Waals surface area contributed by atoms with Crippen LogP contribution in [0.25, 0.3) is 0 Å². The molecule has 22 heavy (non-hydrogen) atoms. The molecular weight excluding hydrogens is 281 g/mol. The maximum absolute atomic E-state index is 13.3. The maximum atomic E-state index is 13.3. The number of hydrogen-bond acceptors (Lipinski definition) is 3. The molecule has 1 heterocycles. The molecule has 1 aromatic heterocycles. The highest BCUT2D eigenvalue weighted by Crippen LogP contribution is 2.30. The molecule has 1 fully saturated rings. The van der Waals surface area contributed by atoms with Crippen LogP contribution in [0.1, 0.15) is 23.2 Å². The molecule has 3 rings (SSSR count). The number of amides is 1. The Morgan fingerprint density at radius 2 is 2.18 bits per heavy atom. The molecule has 1 aliphatic carbocycles. The highest BCUT2D eigenvalue weighted by Gasteiger charge is 2.26. The van der Waals surface area contributed by atoms with E-state index in [0.29, 0.717) is 23.0 Å². The molecule has 1 saturated carbocycles. The summed E-state index contributed by atoms with van der Waals surface area (Å²) in [5.74, 6) is 0.671. The van der Waals surface area contributed by atoms with Gasteiger partial charge in [-0.25, -0.2) is 9.37 Å². The molecule has 0 bridgehead atoms. The molecule has 5 heteroatoms. The average Bonchev–Trinajstić information content (AvgIpc) is 3.31. The normalized spacial score (nSPS) is 13.7. The maximum Gasteiger partial charge on any atom is 0.257 e. The Hall–Kier alpha value is -2.43. The number of pyridine rings is 1. The van der Waals surface area contributed by atoms with E-state index in [9.17, 15) is 9.18 Å². The van der Waals surface area contributed by atoms with Crippen LogP contribution in [0.5, 0.6) is 0 Å². The predicted octanol–water partition coefficient (Wildman–Crippen LogP) is 3.45. The average molecular weight is 299 g/mol. The number of carbonyl (C=O) groups is 1. The Morgan fingerprint density at radius 3 is 2.91 bits per heavy atom. The van der Waals surface area contributed by atoms with Gasteiger partial charge in [-0.05, 0) is 49.1 Å². The molecule has 0 unspecified atom stereocenters. The summed E-state index contributed by atoms with van der Waals surface area (Å²) in [4.78, 5) is 18.5. The zero-order valence-electron chi connectivity index (χ0n) is 12.4. The summed E-state index contributed by atoms with van der Waals surface area (Å²) in [6.45, 7) is 0.771. The molecule has 2 aromatic rings. The first kappa shape index (κ1) is 14.5. The van der Waals surface area contributed by atoms with Gasteiger partial charge in [0.05, 0.1) is 5.56 Å². The van der Waals surface area contributed by atoms with Gasteiger partial charge in [-0.15, -0.1) is 0 Å². The molecule has 1 aliphatic rings. The Kier molecular flexibility index (Phi) is 4.04. The lowest BCUT2D eigenvalue weighted by Gasteiger charge is -2.18. The van der Waals surface area contributed by atoms with Crippen molar-refractivity contribution in [2.75, 3.05) is 18.9 Å². The van der Waals surface area contributed by atoms with Crippen LogP contribution < -0.4 is 5.32 Å². The summed E-state index contributed by atoms with van der Waals surface area (Å²) in [7, 11) is 1.81. The summed E-state index contributed by atoms with van der Waals surface area (Å²) in [6, 6.07) is 9.56. The van der Waals surface area contributed by atoms with Crippen molar-refractivity contribution >= 4 is 17.4 Å². The smallest absolute Gasteiger partial charge is 0.257 e. The zero-order chi connectivity index (χ0) is 15.5. The summed E-state index contributed by atoms with van der Waals surface area (Å²) < 4.78 is 13.3. The van der Waals surface area contributed by atoms with Crippen molar-refractivity contribution in [3.63, 3.8) is 0 Å². The fraction of sp³-hybridized carbons (Fsp3) is 0.294. The fourth-order valence-electron chi connectivity index (χ4n) is 2.36. The van der Waals surface area contributed by atoms with Crippen molar-refractivity contribution in [3.05, 3.63) is 54.0 Å². The third-order valence-electron chi connectivity index (χ3n) is 3.70. The third-order valence-corrected chi connectivity index (χ3v) is 3.70. The van der Waals surface area contributed by atoms with Crippen molar-refractivity contribution in [1.82, 2.24) is 9.88 Å². The van der Waals surface area contributed by atoms with Crippen LogP contribution in [-0.2, 0) is 0 Å². The number of carbonyl (C=O) groups excluding carboxylic acids is 1. The third kappa shape index (κ3) is 3.42. The van der Waals surface area contributed by atoms with Crippen LogP contribution in [0.2, 0.25) is 0 Å². The molecular formula is C17H18FN3O. The standard InChI is InChI=1S/C17H18FN3O/c1-21(11-12-7-8-12)17(22)15-6-3-9-19-16(15)20-14-5-2-4-13(18)10-14/h2-6,9-10,12H,7-8,11H2,1H3,(H,19,20). The van der Waals surface area contributed by atoms with E-state index in [0.717, 1.165) is 6.54 Å². The number of rotatable bonds is 5. The SMILES string of the molecule is CN(CC1CC1)C(=O)c1cccnc1Nc1cccc(F)c1. The lowest BCUT2D eigenvalue weighted by atomic mass is 10.2. The summed E-state index contributed by atoms with van der Waals surface area (Å²) in [6.07, 6.45) is 4.00. The Balaban J connectivity index is 1.81. The van der Waals surface area contributed by atoms with Gasteiger partial charge in [0, 0.05) is 25.5 Å². The van der Waals surface area contributed by atoms with E-state index in [1.54, 1.807) is 42.4 Å². The van der Waals surface area contributed by atoms with E-state index in [1.165, 1.54) is 25.0 Å². The van der Waals surface area contributed by atoms with Gasteiger partial charge < -0.3 is 10.2 Å². The Morgan fingerprint density at radius 1 is 1.36 bits per heavy atom. The van der Waals surface area contributed by atoms with E-state index in [-0.39, 0.29) is 11.7 Å². The van der Waals surface area contributed by atoms with Gasteiger partial charge in [0.2, 0.25) is 0 Å². The van der Waals surface area contributed by atoms with Gasteiger partial charge in [-0.3, -0.25) is 4.79 Å². The minimum Gasteiger partial charge on any atom is -0.341 e. The first-order valence-corrected chi connectivity index (χ1v) is 7.36. The van der Waals surface area contributed by atoms with Gasteiger partial charge in [-0.1, -0.05) is 6.07 Å². The number of benzene rings is 1. The van der Waals surface area contributed by atoms with Gasteiger partial charge >= 0.3 is 0 Å². The molecule has 0 atom stereocenters. The molecule has 1 N–H and O–H groups in total. The van der Waals surface area contributed by atoms with E-state index < -0.39 is 0 Å². The molecule has 114 valence electrons. The second-order valence-electron chi connectivity index (χ2n) is 5.66. The van der Waals surface area contributed by atoms with E-state index in [4.69, 9.17) is 0 Å². The first-order chi connectivity index (χ1) is 10.6. The molecule has 0 aliphatic heterocycles. The molecule has 1 amide bonds. The second-order valence-corrected chi connectivity index (χ2v) is 5.66. The lowest BCUT2D eigenvalue weighted by Crippen LogP contribution is -2.29. The van der Waals surface area contributed by atoms with Gasteiger partial charge in [0.15, 0.2) is 0 Å². The van der Waals surface area contributed by atoms with Crippen molar-refractivity contribution in [3.8, 4) is 0 Å². The topological polar surface area (TPSA) is 45.2 Å². The van der Waals surface area contributed by atoms with Crippen LogP contribution in [0.4, 0.5) is 15.9 Å². The summed E-state index contributed by atoms with van der Waals surface area (Å²) in [5, 5.41) is 3.02. The molecule has 4 nitrogen and oxygen atoms in total. The van der Waals surface area contributed by atoms with Crippen LogP contribution in [-0.4, -0.2) is 29.4 Å².